The van der Waals surface area contributed by atoms with E-state index >= 15 is 0 Å². The van der Waals surface area contributed by atoms with Crippen LogP contribution in [0.2, 0.25) is 0 Å². The van der Waals surface area contributed by atoms with Gasteiger partial charge in [0.1, 0.15) is 6.61 Å². The van der Waals surface area contributed by atoms with E-state index in [4.69, 9.17) is 14.2 Å². The van der Waals surface area contributed by atoms with Gasteiger partial charge < -0.3 is 14.2 Å². The summed E-state index contributed by atoms with van der Waals surface area (Å²) in [5, 5.41) is 0. The lowest BCUT2D eigenvalue weighted by Crippen LogP contribution is -2.48. The molecule has 0 aromatic carbocycles. The van der Waals surface area contributed by atoms with Gasteiger partial charge in [0.2, 0.25) is 0 Å². The maximum atomic E-state index is 13.1. The van der Waals surface area contributed by atoms with E-state index in [9.17, 15) is 9.59 Å². The van der Waals surface area contributed by atoms with Gasteiger partial charge >= 0.3 is 5.97 Å². The summed E-state index contributed by atoms with van der Waals surface area (Å²) in [5.41, 5.74) is -0.310. The van der Waals surface area contributed by atoms with Gasteiger partial charge in [0, 0.05) is 12.5 Å². The van der Waals surface area contributed by atoms with Gasteiger partial charge in [0.25, 0.3) is 0 Å². The maximum Gasteiger partial charge on any atom is 0.324 e. The molecule has 2 unspecified atom stereocenters. The molecule has 0 heterocycles. The summed E-state index contributed by atoms with van der Waals surface area (Å²) < 4.78 is 16.6. The fourth-order valence-corrected chi connectivity index (χ4v) is 2.90. The Morgan fingerprint density at radius 1 is 1.30 bits per heavy atom. The van der Waals surface area contributed by atoms with Gasteiger partial charge in [-0.2, -0.15) is 0 Å². The highest BCUT2D eigenvalue weighted by Gasteiger charge is 2.51. The first-order valence-electron chi connectivity index (χ1n) is 9.68. The molecule has 0 fully saturated rings. The molecule has 0 bridgehead atoms. The quantitative estimate of drug-likeness (QED) is 0.246. The van der Waals surface area contributed by atoms with Crippen molar-refractivity contribution in [2.24, 2.45) is 17.3 Å². The average molecular weight is 379 g/mol. The van der Waals surface area contributed by atoms with E-state index in [1.807, 2.05) is 53.7 Å². The van der Waals surface area contributed by atoms with Crippen LogP contribution in [0.4, 0.5) is 0 Å². The summed E-state index contributed by atoms with van der Waals surface area (Å²) in [7, 11) is 0. The van der Waals surface area contributed by atoms with E-state index < -0.39 is 17.7 Å². The molecule has 0 aromatic heterocycles. The summed E-state index contributed by atoms with van der Waals surface area (Å²) in [6, 6.07) is 0. The van der Waals surface area contributed by atoms with Crippen LogP contribution in [0.5, 0.6) is 0 Å². The standard InChI is InChI=1S/C22H34O5/c1-7-25-18(6)27-15-19-9-8-10-20(23)22(19,13-11-16(2)3)21(24)26-14-12-17(4)5/h8,10-13,16,18-19H,7,9,14-15H2,1-6H3/b13-11-/t18?,19-,22?/m1/s1. The molecule has 0 N–H and O–H groups in total. The van der Waals surface area contributed by atoms with E-state index in [2.05, 4.69) is 0 Å². The largest absolute Gasteiger partial charge is 0.460 e. The van der Waals surface area contributed by atoms with Gasteiger partial charge in [-0.25, -0.2) is 0 Å². The number of esters is 1. The first kappa shape index (κ1) is 23.3. The molecule has 0 aliphatic heterocycles. The molecule has 0 saturated heterocycles. The lowest BCUT2D eigenvalue weighted by molar-refractivity contribution is -0.168. The van der Waals surface area contributed by atoms with Crippen LogP contribution in [0, 0.1) is 17.3 Å². The third kappa shape index (κ3) is 6.74. The third-order valence-corrected chi connectivity index (χ3v) is 4.46. The van der Waals surface area contributed by atoms with Crippen molar-refractivity contribution in [1.29, 1.82) is 0 Å². The van der Waals surface area contributed by atoms with Crippen LogP contribution < -0.4 is 0 Å². The van der Waals surface area contributed by atoms with Crippen LogP contribution in [0.1, 0.15) is 48.0 Å². The highest BCUT2D eigenvalue weighted by Crippen LogP contribution is 2.39. The topological polar surface area (TPSA) is 61.8 Å². The second-order valence-corrected chi connectivity index (χ2v) is 7.41. The maximum absolute atomic E-state index is 13.1. The molecule has 5 nitrogen and oxygen atoms in total. The molecule has 0 radical (unpaired) electrons. The molecule has 0 spiro atoms. The molecule has 1 aliphatic rings. The monoisotopic (exact) mass is 378 g/mol. The molecule has 0 saturated carbocycles. The molecule has 27 heavy (non-hydrogen) atoms. The number of hydrogen-bond donors (Lipinski definition) is 0. The Balaban J connectivity index is 3.15. The predicted octanol–water partition coefficient (Wildman–Crippen LogP) is 4.24. The number of rotatable bonds is 10. The van der Waals surface area contributed by atoms with Gasteiger partial charge in [-0.1, -0.05) is 37.6 Å². The van der Waals surface area contributed by atoms with Gasteiger partial charge in [-0.3, -0.25) is 9.59 Å². The molecule has 1 aliphatic carbocycles. The number of hydrogen-bond acceptors (Lipinski definition) is 5. The smallest absolute Gasteiger partial charge is 0.324 e. The van der Waals surface area contributed by atoms with E-state index in [1.54, 1.807) is 12.2 Å². The predicted molar refractivity (Wildman–Crippen MR) is 106 cm³/mol. The summed E-state index contributed by atoms with van der Waals surface area (Å²) in [4.78, 5) is 26.0. The zero-order valence-corrected chi connectivity index (χ0v) is 17.5. The highest BCUT2D eigenvalue weighted by molar-refractivity contribution is 6.12. The lowest BCUT2D eigenvalue weighted by Gasteiger charge is -2.36. The Bertz CT molecular complexity index is 584. The second-order valence-electron chi connectivity index (χ2n) is 7.41. The van der Waals surface area contributed by atoms with Gasteiger partial charge in [-0.15, -0.1) is 0 Å². The fourth-order valence-electron chi connectivity index (χ4n) is 2.90. The van der Waals surface area contributed by atoms with Crippen molar-refractivity contribution in [2.45, 2.75) is 54.3 Å². The third-order valence-electron chi connectivity index (χ3n) is 4.46. The minimum Gasteiger partial charge on any atom is -0.460 e. The fraction of sp³-hybridized carbons (Fsp3) is 0.636. The Hall–Kier alpha value is -1.72. The molecular formula is C22H34O5. The van der Waals surface area contributed by atoms with Gasteiger partial charge in [-0.05, 0) is 52.2 Å². The van der Waals surface area contributed by atoms with Gasteiger partial charge in [0.05, 0.1) is 6.61 Å². The molecular weight excluding hydrogens is 344 g/mol. The van der Waals surface area contributed by atoms with Crippen LogP contribution in [0.3, 0.4) is 0 Å². The average Bonchev–Trinajstić information content (AvgIpc) is 2.59. The van der Waals surface area contributed by atoms with Crippen molar-refractivity contribution >= 4 is 11.8 Å². The SMILES string of the molecule is CCOC(C)OC[C@H]1CC=CC(=O)C1(/C=C\C(C)C)C(=O)OCC=C(C)C. The van der Waals surface area contributed by atoms with Crippen molar-refractivity contribution in [1.82, 2.24) is 0 Å². The number of carbonyl (C=O) groups excluding carboxylic acids is 2. The lowest BCUT2D eigenvalue weighted by atomic mass is 9.67. The van der Waals surface area contributed by atoms with Crippen LogP contribution in [-0.2, 0) is 23.8 Å². The summed E-state index contributed by atoms with van der Waals surface area (Å²) >= 11 is 0. The number of ether oxygens (including phenoxy) is 3. The van der Waals surface area contributed by atoms with Crippen LogP contribution >= 0.6 is 0 Å². The van der Waals surface area contributed by atoms with Crippen LogP contribution in [0.15, 0.2) is 36.0 Å². The Morgan fingerprint density at radius 3 is 2.59 bits per heavy atom. The second kappa shape index (κ2) is 11.2. The summed E-state index contributed by atoms with van der Waals surface area (Å²) in [6.07, 6.45) is 8.87. The van der Waals surface area contributed by atoms with Crippen molar-refractivity contribution in [2.75, 3.05) is 19.8 Å². The van der Waals surface area contributed by atoms with E-state index in [0.29, 0.717) is 13.0 Å². The van der Waals surface area contributed by atoms with Crippen molar-refractivity contribution in [3.8, 4) is 0 Å². The molecule has 152 valence electrons. The number of allylic oxidation sites excluding steroid dienone is 4. The highest BCUT2D eigenvalue weighted by atomic mass is 16.7. The first-order valence-corrected chi connectivity index (χ1v) is 9.68. The zero-order valence-electron chi connectivity index (χ0n) is 17.5. The van der Waals surface area contributed by atoms with Crippen molar-refractivity contribution in [3.63, 3.8) is 0 Å². The normalized spacial score (nSPS) is 23.7. The van der Waals surface area contributed by atoms with E-state index in [1.165, 1.54) is 6.08 Å². The Labute approximate surface area is 163 Å². The van der Waals surface area contributed by atoms with E-state index in [0.717, 1.165) is 5.57 Å². The van der Waals surface area contributed by atoms with Crippen molar-refractivity contribution < 1.29 is 23.8 Å². The first-order chi connectivity index (χ1) is 12.7. The zero-order chi connectivity index (χ0) is 20.4. The van der Waals surface area contributed by atoms with E-state index in [-0.39, 0.29) is 30.8 Å². The summed E-state index contributed by atoms with van der Waals surface area (Å²) in [5.74, 6) is -0.920. The molecule has 0 aromatic rings. The number of carbonyl (C=O) groups is 2. The molecule has 0 amide bonds. The summed E-state index contributed by atoms with van der Waals surface area (Å²) in [6.45, 7) is 12.5. The molecule has 3 atom stereocenters. The van der Waals surface area contributed by atoms with Crippen LogP contribution in [-0.4, -0.2) is 37.9 Å². The number of ketones is 1. The minimum absolute atomic E-state index is 0.151. The van der Waals surface area contributed by atoms with Crippen LogP contribution in [0.25, 0.3) is 0 Å². The molecule has 1 rings (SSSR count). The van der Waals surface area contributed by atoms with Gasteiger partial charge in [0.15, 0.2) is 17.5 Å². The minimum atomic E-state index is -1.36. The molecule has 5 heteroatoms. The Morgan fingerprint density at radius 2 is 2.00 bits per heavy atom. The van der Waals surface area contributed by atoms with Crippen molar-refractivity contribution in [3.05, 3.63) is 36.0 Å². The Kier molecular flexibility index (Phi) is 9.67.